The predicted molar refractivity (Wildman–Crippen MR) is 123 cm³/mol. The van der Waals surface area contributed by atoms with Gasteiger partial charge in [0, 0.05) is 14.8 Å². The van der Waals surface area contributed by atoms with Crippen LogP contribution in [0.2, 0.25) is 5.02 Å². The molecule has 1 aliphatic carbocycles. The Kier molecular flexibility index (Phi) is 3.96. The van der Waals surface area contributed by atoms with Gasteiger partial charge >= 0.3 is 7.12 Å². The molecule has 0 aromatic heterocycles. The van der Waals surface area contributed by atoms with Crippen molar-refractivity contribution in [3.63, 3.8) is 0 Å². The van der Waals surface area contributed by atoms with Crippen molar-refractivity contribution in [2.75, 3.05) is 0 Å². The van der Waals surface area contributed by atoms with Crippen LogP contribution in [0.3, 0.4) is 0 Å². The van der Waals surface area contributed by atoms with Crippen LogP contribution < -0.4 is 5.46 Å². The summed E-state index contributed by atoms with van der Waals surface area (Å²) >= 11 is 8.30. The van der Waals surface area contributed by atoms with Gasteiger partial charge in [0.2, 0.25) is 0 Å². The first-order valence-electron chi connectivity index (χ1n) is 9.79. The van der Waals surface area contributed by atoms with E-state index in [4.69, 9.17) is 11.6 Å². The molecule has 6 rings (SSSR count). The number of rotatable bonds is 1. The van der Waals surface area contributed by atoms with Crippen molar-refractivity contribution in [1.82, 2.24) is 0 Å². The van der Waals surface area contributed by atoms with Gasteiger partial charge in [0.1, 0.15) is 0 Å². The predicted octanol–water partition coefficient (Wildman–Crippen LogP) is 4.85. The highest BCUT2D eigenvalue weighted by molar-refractivity contribution is 7.99. The van der Waals surface area contributed by atoms with Crippen LogP contribution in [-0.2, 0) is 5.41 Å². The van der Waals surface area contributed by atoms with Gasteiger partial charge in [-0.05, 0) is 63.1 Å². The zero-order valence-electron chi connectivity index (χ0n) is 15.8. The minimum atomic E-state index is -1.55. The van der Waals surface area contributed by atoms with Gasteiger partial charge in [-0.25, -0.2) is 0 Å². The van der Waals surface area contributed by atoms with E-state index in [0.29, 0.717) is 10.5 Å². The van der Waals surface area contributed by atoms with Gasteiger partial charge in [-0.15, -0.1) is 0 Å². The zero-order valence-corrected chi connectivity index (χ0v) is 17.4. The lowest BCUT2D eigenvalue weighted by molar-refractivity contribution is 0.426. The molecule has 0 bridgehead atoms. The lowest BCUT2D eigenvalue weighted by Crippen LogP contribution is -2.34. The normalized spacial score (nSPS) is 14.6. The van der Waals surface area contributed by atoms with E-state index in [-0.39, 0.29) is 0 Å². The van der Waals surface area contributed by atoms with Crippen LogP contribution in [0, 0.1) is 0 Å². The second-order valence-corrected chi connectivity index (χ2v) is 9.20. The molecule has 0 unspecified atom stereocenters. The van der Waals surface area contributed by atoms with E-state index >= 15 is 0 Å². The largest absolute Gasteiger partial charge is 0.489 e. The zero-order chi connectivity index (χ0) is 20.5. The molecule has 1 aliphatic heterocycles. The fraction of sp³-hybridized carbons (Fsp3) is 0.0400. The molecule has 2 aliphatic rings. The van der Waals surface area contributed by atoms with E-state index in [1.807, 2.05) is 24.3 Å². The maximum absolute atomic E-state index is 10.2. The maximum atomic E-state index is 10.2. The van der Waals surface area contributed by atoms with E-state index in [1.165, 1.54) is 20.9 Å². The molecule has 30 heavy (non-hydrogen) atoms. The molecule has 4 aromatic rings. The number of halogens is 1. The quantitative estimate of drug-likeness (QED) is 0.369. The summed E-state index contributed by atoms with van der Waals surface area (Å²) in [6, 6.07) is 28.7. The highest BCUT2D eigenvalue weighted by atomic mass is 35.5. The molecule has 0 radical (unpaired) electrons. The number of hydrogen-bond acceptors (Lipinski definition) is 3. The number of hydrogen-bond donors (Lipinski definition) is 2. The molecule has 0 saturated carbocycles. The maximum Gasteiger partial charge on any atom is 0.489 e. The molecule has 4 aromatic carbocycles. The Labute approximate surface area is 184 Å². The summed E-state index contributed by atoms with van der Waals surface area (Å²) in [4.78, 5) is 2.40. The molecule has 1 heterocycles. The monoisotopic (exact) mass is 426 g/mol. The summed E-state index contributed by atoms with van der Waals surface area (Å²) in [7, 11) is -1.55. The minimum Gasteiger partial charge on any atom is -0.423 e. The third kappa shape index (κ3) is 2.25. The Hall–Kier alpha value is -2.50. The molecule has 2 N–H and O–H groups in total. The van der Waals surface area contributed by atoms with Crippen molar-refractivity contribution in [3.05, 3.63) is 112 Å². The van der Waals surface area contributed by atoms with E-state index in [1.54, 1.807) is 17.8 Å². The van der Waals surface area contributed by atoms with Crippen LogP contribution in [0.15, 0.2) is 94.7 Å². The fourth-order valence-corrected chi connectivity index (χ4v) is 6.53. The molecule has 5 heteroatoms. The third-order valence-corrected chi connectivity index (χ3v) is 7.62. The van der Waals surface area contributed by atoms with E-state index < -0.39 is 12.5 Å². The van der Waals surface area contributed by atoms with E-state index in [0.717, 1.165) is 22.3 Å². The van der Waals surface area contributed by atoms with E-state index in [2.05, 4.69) is 54.6 Å². The second-order valence-electron chi connectivity index (χ2n) is 7.68. The van der Waals surface area contributed by atoms with Gasteiger partial charge in [-0.2, -0.15) is 0 Å². The standard InChI is InChI=1S/C25H16BClO2S/c27-15-12-13-16-20(14-15)25(19-8-5-9-21(24(16)19)26(28)29)17-6-1-3-10-22(17)30-23-11-4-2-7-18(23)25/h1-14,28-29H. The van der Waals surface area contributed by atoms with Gasteiger partial charge in [0.05, 0.1) is 5.41 Å². The molecule has 2 nitrogen and oxygen atoms in total. The first-order valence-corrected chi connectivity index (χ1v) is 11.0. The van der Waals surface area contributed by atoms with Crippen LogP contribution in [-0.4, -0.2) is 17.2 Å². The minimum absolute atomic E-state index is 0.515. The van der Waals surface area contributed by atoms with Gasteiger partial charge in [-0.3, -0.25) is 0 Å². The summed E-state index contributed by atoms with van der Waals surface area (Å²) in [5, 5.41) is 21.0. The lowest BCUT2D eigenvalue weighted by atomic mass is 9.66. The molecule has 0 atom stereocenters. The summed E-state index contributed by atoms with van der Waals surface area (Å²) in [6.07, 6.45) is 0. The average molecular weight is 427 g/mol. The Morgan fingerprint density at radius 2 is 1.33 bits per heavy atom. The molecule has 0 saturated heterocycles. The van der Waals surface area contributed by atoms with Crippen molar-refractivity contribution in [3.8, 4) is 11.1 Å². The summed E-state index contributed by atoms with van der Waals surface area (Å²) < 4.78 is 0. The Morgan fingerprint density at radius 3 is 2.00 bits per heavy atom. The van der Waals surface area contributed by atoms with Crippen molar-refractivity contribution >= 4 is 35.9 Å². The number of benzene rings is 4. The fourth-order valence-electron chi connectivity index (χ4n) is 5.16. The van der Waals surface area contributed by atoms with Crippen LogP contribution in [0.5, 0.6) is 0 Å². The smallest absolute Gasteiger partial charge is 0.423 e. The van der Waals surface area contributed by atoms with Crippen molar-refractivity contribution in [2.45, 2.75) is 15.2 Å². The van der Waals surface area contributed by atoms with Crippen molar-refractivity contribution in [2.24, 2.45) is 0 Å². The topological polar surface area (TPSA) is 40.5 Å². The van der Waals surface area contributed by atoms with Crippen LogP contribution in [0.1, 0.15) is 22.3 Å². The summed E-state index contributed by atoms with van der Waals surface area (Å²) in [5.74, 6) is 0. The van der Waals surface area contributed by atoms with Crippen molar-refractivity contribution in [1.29, 1.82) is 0 Å². The number of fused-ring (bicyclic) bond motifs is 9. The molecule has 1 spiro atoms. The Balaban J connectivity index is 1.86. The van der Waals surface area contributed by atoms with Crippen molar-refractivity contribution < 1.29 is 10.0 Å². The highest BCUT2D eigenvalue weighted by Gasteiger charge is 2.51. The molecule has 0 fully saturated rings. The van der Waals surface area contributed by atoms with Crippen LogP contribution >= 0.6 is 23.4 Å². The lowest BCUT2D eigenvalue weighted by Gasteiger charge is -2.39. The first kappa shape index (κ1) is 18.3. The van der Waals surface area contributed by atoms with Gasteiger partial charge in [0.25, 0.3) is 0 Å². The third-order valence-electron chi connectivity index (χ3n) is 6.24. The van der Waals surface area contributed by atoms with Crippen LogP contribution in [0.25, 0.3) is 11.1 Å². The Bertz CT molecular complexity index is 1290. The summed E-state index contributed by atoms with van der Waals surface area (Å²) in [6.45, 7) is 0. The molecular weight excluding hydrogens is 411 g/mol. The summed E-state index contributed by atoms with van der Waals surface area (Å²) in [5.41, 5.74) is 6.37. The molecular formula is C25H16BClO2S. The van der Waals surface area contributed by atoms with E-state index in [9.17, 15) is 10.0 Å². The SMILES string of the molecule is OB(O)c1cccc2c1-c1ccc(Cl)cc1C21c2ccccc2Sc2ccccc21. The van der Waals surface area contributed by atoms with Crippen LogP contribution in [0.4, 0.5) is 0 Å². The second kappa shape index (κ2) is 6.50. The molecule has 144 valence electrons. The molecule has 0 amide bonds. The first-order chi connectivity index (χ1) is 14.6. The highest BCUT2D eigenvalue weighted by Crippen LogP contribution is 2.61. The van der Waals surface area contributed by atoms with Gasteiger partial charge in [-0.1, -0.05) is 84.0 Å². The Morgan fingerprint density at radius 1 is 0.700 bits per heavy atom. The average Bonchev–Trinajstić information content (AvgIpc) is 3.04. The van der Waals surface area contributed by atoms with Gasteiger partial charge < -0.3 is 10.0 Å². The van der Waals surface area contributed by atoms with Gasteiger partial charge in [0.15, 0.2) is 0 Å².